The van der Waals surface area contributed by atoms with Gasteiger partial charge >= 0.3 is 6.09 Å². The second-order valence-corrected chi connectivity index (χ2v) is 5.63. The molecule has 1 amide bonds. The van der Waals surface area contributed by atoms with E-state index in [2.05, 4.69) is 35.6 Å². The molecule has 1 saturated heterocycles. The van der Waals surface area contributed by atoms with Crippen LogP contribution in [0.1, 0.15) is 30.9 Å². The van der Waals surface area contributed by atoms with Crippen molar-refractivity contribution in [1.82, 2.24) is 10.2 Å². The summed E-state index contributed by atoms with van der Waals surface area (Å²) in [7, 11) is 0. The molecule has 2 aliphatic rings. The zero-order chi connectivity index (χ0) is 13.8. The van der Waals surface area contributed by atoms with E-state index in [-0.39, 0.29) is 6.09 Å². The molecular weight excluding hydrogens is 252 g/mol. The number of cyclic esters (lactones) is 1. The van der Waals surface area contributed by atoms with Crippen LogP contribution in [0.4, 0.5) is 4.79 Å². The molecule has 0 unspecified atom stereocenters. The summed E-state index contributed by atoms with van der Waals surface area (Å²) < 4.78 is 4.95. The summed E-state index contributed by atoms with van der Waals surface area (Å²) >= 11 is 0. The highest BCUT2D eigenvalue weighted by Crippen LogP contribution is 2.37. The molecule has 4 nitrogen and oxygen atoms in total. The first kappa shape index (κ1) is 13.4. The molecule has 0 bridgehead atoms. The van der Waals surface area contributed by atoms with Crippen LogP contribution in [-0.4, -0.2) is 37.2 Å². The molecule has 2 fully saturated rings. The fourth-order valence-corrected chi connectivity index (χ4v) is 2.97. The Bertz CT molecular complexity index is 445. The lowest BCUT2D eigenvalue weighted by molar-refractivity contribution is 0.157. The van der Waals surface area contributed by atoms with Crippen molar-refractivity contribution in [2.75, 3.05) is 26.2 Å². The minimum atomic E-state index is -0.174. The van der Waals surface area contributed by atoms with Gasteiger partial charge in [-0.05, 0) is 24.3 Å². The quantitative estimate of drug-likeness (QED) is 0.867. The monoisotopic (exact) mass is 274 g/mol. The molecule has 108 valence electrons. The van der Waals surface area contributed by atoms with Gasteiger partial charge in [0.25, 0.3) is 0 Å². The molecule has 1 heterocycles. The topological polar surface area (TPSA) is 41.6 Å². The number of carbonyl (C=O) groups is 1. The van der Waals surface area contributed by atoms with Gasteiger partial charge in [0.2, 0.25) is 0 Å². The lowest BCUT2D eigenvalue weighted by Gasteiger charge is -2.35. The predicted molar refractivity (Wildman–Crippen MR) is 77.4 cm³/mol. The summed E-state index contributed by atoms with van der Waals surface area (Å²) in [6.45, 7) is 2.81. The Morgan fingerprint density at radius 2 is 2.10 bits per heavy atom. The SMILES string of the molecule is O=C1OCCN1CCN[C@H](c1ccccc1)C1CCC1. The molecular formula is C16H22N2O2. The normalized spacial score (nSPS) is 20.6. The van der Waals surface area contributed by atoms with Crippen molar-refractivity contribution < 1.29 is 9.53 Å². The summed E-state index contributed by atoms with van der Waals surface area (Å²) in [5.74, 6) is 0.739. The number of hydrogen-bond acceptors (Lipinski definition) is 3. The molecule has 1 aromatic carbocycles. The molecule has 0 aromatic heterocycles. The van der Waals surface area contributed by atoms with Crippen LogP contribution in [0.15, 0.2) is 30.3 Å². The Morgan fingerprint density at radius 1 is 1.30 bits per heavy atom. The number of hydrogen-bond donors (Lipinski definition) is 1. The van der Waals surface area contributed by atoms with Gasteiger partial charge in [0, 0.05) is 19.1 Å². The van der Waals surface area contributed by atoms with E-state index in [9.17, 15) is 4.79 Å². The van der Waals surface area contributed by atoms with Crippen LogP contribution in [0.25, 0.3) is 0 Å². The third-order valence-electron chi connectivity index (χ3n) is 4.37. The van der Waals surface area contributed by atoms with Crippen molar-refractivity contribution in [2.24, 2.45) is 5.92 Å². The van der Waals surface area contributed by atoms with Gasteiger partial charge < -0.3 is 15.0 Å². The van der Waals surface area contributed by atoms with E-state index in [1.165, 1.54) is 24.8 Å². The van der Waals surface area contributed by atoms with Crippen molar-refractivity contribution >= 4 is 6.09 Å². The largest absolute Gasteiger partial charge is 0.448 e. The van der Waals surface area contributed by atoms with E-state index in [4.69, 9.17) is 4.74 Å². The average molecular weight is 274 g/mol. The number of nitrogens with one attached hydrogen (secondary N) is 1. The van der Waals surface area contributed by atoms with Crippen LogP contribution >= 0.6 is 0 Å². The molecule has 1 aliphatic carbocycles. The van der Waals surface area contributed by atoms with E-state index in [0.717, 1.165) is 25.6 Å². The second kappa shape index (κ2) is 6.27. The molecule has 1 atom stereocenters. The summed E-state index contributed by atoms with van der Waals surface area (Å²) in [5, 5.41) is 3.64. The number of amides is 1. The van der Waals surface area contributed by atoms with Gasteiger partial charge in [0.05, 0.1) is 6.54 Å². The van der Waals surface area contributed by atoms with E-state index in [1.807, 2.05) is 0 Å². The van der Waals surface area contributed by atoms with E-state index in [1.54, 1.807) is 4.90 Å². The van der Waals surface area contributed by atoms with Crippen LogP contribution in [0.5, 0.6) is 0 Å². The van der Waals surface area contributed by atoms with Gasteiger partial charge in [0.15, 0.2) is 0 Å². The van der Waals surface area contributed by atoms with Crippen molar-refractivity contribution in [3.63, 3.8) is 0 Å². The fourth-order valence-electron chi connectivity index (χ4n) is 2.97. The van der Waals surface area contributed by atoms with Gasteiger partial charge in [-0.2, -0.15) is 0 Å². The Morgan fingerprint density at radius 3 is 2.70 bits per heavy atom. The van der Waals surface area contributed by atoms with Gasteiger partial charge in [-0.1, -0.05) is 36.8 Å². The second-order valence-electron chi connectivity index (χ2n) is 5.63. The molecule has 3 rings (SSSR count). The van der Waals surface area contributed by atoms with Crippen LogP contribution in [0.3, 0.4) is 0 Å². The van der Waals surface area contributed by atoms with Crippen LogP contribution < -0.4 is 5.32 Å². The van der Waals surface area contributed by atoms with Crippen molar-refractivity contribution in [2.45, 2.75) is 25.3 Å². The molecule has 20 heavy (non-hydrogen) atoms. The smallest absolute Gasteiger partial charge is 0.409 e. The van der Waals surface area contributed by atoms with Crippen molar-refractivity contribution in [1.29, 1.82) is 0 Å². The third kappa shape index (κ3) is 2.96. The Labute approximate surface area is 120 Å². The number of ether oxygens (including phenoxy) is 1. The summed E-state index contributed by atoms with van der Waals surface area (Å²) in [5.41, 5.74) is 1.36. The predicted octanol–water partition coefficient (Wildman–Crippen LogP) is 2.57. The Balaban J connectivity index is 1.55. The standard InChI is InChI=1S/C16H22N2O2/c19-16-18(11-12-20-16)10-9-17-15(14-7-4-8-14)13-5-2-1-3-6-13/h1-3,5-6,14-15,17H,4,7-12H2/t15-/m1/s1. The molecule has 0 radical (unpaired) electrons. The van der Waals surface area contributed by atoms with Crippen molar-refractivity contribution in [3.05, 3.63) is 35.9 Å². The lowest BCUT2D eigenvalue weighted by atomic mass is 9.77. The van der Waals surface area contributed by atoms with Crippen molar-refractivity contribution in [3.8, 4) is 0 Å². The number of carbonyl (C=O) groups excluding carboxylic acids is 1. The number of rotatable bonds is 6. The van der Waals surface area contributed by atoms with Crippen LogP contribution in [0, 0.1) is 5.92 Å². The van der Waals surface area contributed by atoms with Gasteiger partial charge in [0.1, 0.15) is 6.61 Å². The third-order valence-corrected chi connectivity index (χ3v) is 4.37. The van der Waals surface area contributed by atoms with E-state index in [0.29, 0.717) is 12.6 Å². The number of nitrogens with zero attached hydrogens (tertiary/aromatic N) is 1. The van der Waals surface area contributed by atoms with E-state index >= 15 is 0 Å². The molecule has 1 aliphatic heterocycles. The number of benzene rings is 1. The van der Waals surface area contributed by atoms with Gasteiger partial charge in [-0.25, -0.2) is 4.79 Å². The molecule has 0 spiro atoms. The summed E-state index contributed by atoms with van der Waals surface area (Å²) in [4.78, 5) is 13.2. The van der Waals surface area contributed by atoms with Gasteiger partial charge in [-0.3, -0.25) is 0 Å². The molecule has 1 saturated carbocycles. The van der Waals surface area contributed by atoms with E-state index < -0.39 is 0 Å². The maximum Gasteiger partial charge on any atom is 0.409 e. The highest BCUT2D eigenvalue weighted by Gasteiger charge is 2.28. The van der Waals surface area contributed by atoms with Crippen LogP contribution in [-0.2, 0) is 4.74 Å². The molecule has 4 heteroatoms. The minimum absolute atomic E-state index is 0.174. The van der Waals surface area contributed by atoms with Gasteiger partial charge in [-0.15, -0.1) is 0 Å². The fraction of sp³-hybridized carbons (Fsp3) is 0.562. The maximum absolute atomic E-state index is 11.4. The molecule has 1 N–H and O–H groups in total. The summed E-state index contributed by atoms with van der Waals surface area (Å²) in [6.07, 6.45) is 3.77. The minimum Gasteiger partial charge on any atom is -0.448 e. The zero-order valence-corrected chi connectivity index (χ0v) is 11.8. The molecule has 1 aromatic rings. The summed E-state index contributed by atoms with van der Waals surface area (Å²) in [6, 6.07) is 11.1. The first-order valence-corrected chi connectivity index (χ1v) is 7.54. The average Bonchev–Trinajstić information content (AvgIpc) is 2.82. The highest BCUT2D eigenvalue weighted by atomic mass is 16.6. The maximum atomic E-state index is 11.4. The Kier molecular flexibility index (Phi) is 4.21. The lowest BCUT2D eigenvalue weighted by Crippen LogP contribution is -2.38. The first-order valence-electron chi connectivity index (χ1n) is 7.54. The Hall–Kier alpha value is -1.55. The first-order chi connectivity index (χ1) is 9.84. The highest BCUT2D eigenvalue weighted by molar-refractivity contribution is 5.69. The zero-order valence-electron chi connectivity index (χ0n) is 11.8. The van der Waals surface area contributed by atoms with Crippen LogP contribution in [0.2, 0.25) is 0 Å².